The first-order valence-corrected chi connectivity index (χ1v) is 21.9. The first kappa shape index (κ1) is 32.8. The highest BCUT2D eigenvalue weighted by Gasteiger charge is 2.27. The van der Waals surface area contributed by atoms with Crippen LogP contribution in [0, 0.1) is 0 Å². The Labute approximate surface area is 356 Å². The number of aromatic nitrogens is 5. The Bertz CT molecular complexity index is 4390. The summed E-state index contributed by atoms with van der Waals surface area (Å²) < 4.78 is 8.56. The SMILES string of the molecule is c1ccc(-n2c3ccccc3c3ccc(-c4nc(-n5c6ccccc6c6cc7c8ccc9ccccc9c8n8c9ccccc9c(c65)c78)c5c(n4)sc4ccccc45)cc32)cc1. The number of thiophene rings is 1. The lowest BCUT2D eigenvalue weighted by molar-refractivity contribution is 1.08. The maximum atomic E-state index is 5.75. The van der Waals surface area contributed by atoms with Gasteiger partial charge in [-0.2, -0.15) is 0 Å². The minimum Gasteiger partial charge on any atom is -0.309 e. The van der Waals surface area contributed by atoms with Crippen molar-refractivity contribution in [1.29, 1.82) is 0 Å². The molecule has 286 valence electrons. The van der Waals surface area contributed by atoms with Crippen LogP contribution in [0.5, 0.6) is 0 Å². The molecule has 0 saturated carbocycles. The topological polar surface area (TPSA) is 40.0 Å². The molecule has 6 aromatic heterocycles. The smallest absolute Gasteiger partial charge is 0.163 e. The van der Waals surface area contributed by atoms with Crippen molar-refractivity contribution in [2.45, 2.75) is 0 Å². The molecule has 0 spiro atoms. The zero-order valence-corrected chi connectivity index (χ0v) is 33.9. The second-order valence-electron chi connectivity index (χ2n) is 16.5. The van der Waals surface area contributed by atoms with Crippen LogP contribution in [0.4, 0.5) is 0 Å². The molecule has 0 N–H and O–H groups in total. The van der Waals surface area contributed by atoms with Crippen LogP contribution >= 0.6 is 11.3 Å². The summed E-state index contributed by atoms with van der Waals surface area (Å²) in [5, 5.41) is 14.6. The van der Waals surface area contributed by atoms with Gasteiger partial charge in [0, 0.05) is 69.8 Å². The van der Waals surface area contributed by atoms with Crippen LogP contribution in [-0.4, -0.2) is 23.5 Å². The monoisotopic (exact) mass is 805 g/mol. The maximum absolute atomic E-state index is 5.75. The van der Waals surface area contributed by atoms with Gasteiger partial charge in [0.2, 0.25) is 0 Å². The fraction of sp³-hybridized carbons (Fsp3) is 0. The molecule has 0 aliphatic carbocycles. The van der Waals surface area contributed by atoms with Crippen molar-refractivity contribution < 1.29 is 0 Å². The molecule has 9 aromatic carbocycles. The molecule has 0 unspecified atom stereocenters. The molecule has 5 nitrogen and oxygen atoms in total. The van der Waals surface area contributed by atoms with Gasteiger partial charge in [-0.3, -0.25) is 4.57 Å². The minimum absolute atomic E-state index is 0.704. The summed E-state index contributed by atoms with van der Waals surface area (Å²) in [5.74, 6) is 1.60. The van der Waals surface area contributed by atoms with Crippen molar-refractivity contribution >= 4 is 124 Å². The van der Waals surface area contributed by atoms with Gasteiger partial charge in [0.15, 0.2) is 11.6 Å². The van der Waals surface area contributed by atoms with Crippen molar-refractivity contribution in [3.8, 4) is 22.9 Å². The van der Waals surface area contributed by atoms with Crippen LogP contribution in [-0.2, 0) is 0 Å². The van der Waals surface area contributed by atoms with Crippen molar-refractivity contribution in [1.82, 2.24) is 23.5 Å². The summed E-state index contributed by atoms with van der Waals surface area (Å²) in [4.78, 5) is 12.2. The van der Waals surface area contributed by atoms with Gasteiger partial charge >= 0.3 is 0 Å². The number of rotatable bonds is 3. The molecule has 0 bridgehead atoms. The first-order valence-electron chi connectivity index (χ1n) is 21.1. The largest absolute Gasteiger partial charge is 0.309 e. The number of fused-ring (bicyclic) bond motifs is 18. The predicted octanol–water partition coefficient (Wildman–Crippen LogP) is 15.0. The van der Waals surface area contributed by atoms with Crippen molar-refractivity contribution in [2.24, 2.45) is 0 Å². The molecule has 6 heteroatoms. The highest BCUT2D eigenvalue weighted by molar-refractivity contribution is 7.25. The van der Waals surface area contributed by atoms with Gasteiger partial charge in [0.25, 0.3) is 0 Å². The van der Waals surface area contributed by atoms with Crippen molar-refractivity contribution in [3.05, 3.63) is 188 Å². The molecule has 0 atom stereocenters. The third-order valence-corrected chi connectivity index (χ3v) is 14.4. The van der Waals surface area contributed by atoms with Crippen molar-refractivity contribution in [2.75, 3.05) is 0 Å². The van der Waals surface area contributed by atoms with Crippen LogP contribution in [0.1, 0.15) is 0 Å². The quantitative estimate of drug-likeness (QED) is 0.178. The van der Waals surface area contributed by atoms with Gasteiger partial charge in [-0.25, -0.2) is 9.97 Å². The minimum atomic E-state index is 0.704. The molecule has 0 saturated heterocycles. The third kappa shape index (κ3) is 4.12. The van der Waals surface area contributed by atoms with Crippen molar-refractivity contribution in [3.63, 3.8) is 0 Å². The Morgan fingerprint density at radius 3 is 1.84 bits per heavy atom. The molecule has 0 radical (unpaired) electrons. The van der Waals surface area contributed by atoms with E-state index in [0.717, 1.165) is 49.2 Å². The van der Waals surface area contributed by atoms with Gasteiger partial charge in [-0.05, 0) is 53.9 Å². The lowest BCUT2D eigenvalue weighted by Crippen LogP contribution is -2.02. The molecule has 15 rings (SSSR count). The van der Waals surface area contributed by atoms with Crippen LogP contribution in [0.25, 0.3) is 136 Å². The van der Waals surface area contributed by atoms with Crippen LogP contribution in [0.15, 0.2) is 188 Å². The molecular formula is C56H31N5S. The summed E-state index contributed by atoms with van der Waals surface area (Å²) in [6, 6.07) is 68.4. The molecule has 0 amide bonds. The zero-order valence-electron chi connectivity index (χ0n) is 33.0. The molecule has 0 aliphatic rings. The molecule has 0 fully saturated rings. The first-order chi connectivity index (χ1) is 30.8. The van der Waals surface area contributed by atoms with E-state index < -0.39 is 0 Å². The van der Waals surface area contributed by atoms with E-state index in [4.69, 9.17) is 9.97 Å². The second kappa shape index (κ2) is 11.8. The Kier molecular flexibility index (Phi) is 6.24. The average molecular weight is 806 g/mol. The molecule has 62 heavy (non-hydrogen) atoms. The Morgan fingerprint density at radius 1 is 0.371 bits per heavy atom. The predicted molar refractivity (Wildman–Crippen MR) is 261 cm³/mol. The summed E-state index contributed by atoms with van der Waals surface area (Å²) in [5.41, 5.74) is 10.4. The van der Waals surface area contributed by atoms with Crippen LogP contribution in [0.3, 0.4) is 0 Å². The Morgan fingerprint density at radius 2 is 1.00 bits per heavy atom. The lowest BCUT2D eigenvalue weighted by Gasteiger charge is -2.13. The van der Waals surface area contributed by atoms with E-state index in [0.29, 0.717) is 5.82 Å². The molecule has 6 heterocycles. The summed E-state index contributed by atoms with van der Waals surface area (Å²) in [6.45, 7) is 0. The number of para-hydroxylation sites is 4. The van der Waals surface area contributed by atoms with E-state index in [1.165, 1.54) is 80.6 Å². The van der Waals surface area contributed by atoms with Crippen LogP contribution < -0.4 is 0 Å². The van der Waals surface area contributed by atoms with E-state index in [-0.39, 0.29) is 0 Å². The second-order valence-corrected chi connectivity index (χ2v) is 17.5. The van der Waals surface area contributed by atoms with Gasteiger partial charge in [0.05, 0.1) is 44.0 Å². The zero-order chi connectivity index (χ0) is 40.2. The number of hydrogen-bond donors (Lipinski definition) is 0. The maximum Gasteiger partial charge on any atom is 0.163 e. The Balaban J connectivity index is 1.11. The van der Waals surface area contributed by atoms with E-state index in [1.807, 2.05) is 0 Å². The lowest BCUT2D eigenvalue weighted by atomic mass is 10.0. The average Bonchev–Trinajstić information content (AvgIpc) is 4.13. The highest BCUT2D eigenvalue weighted by atomic mass is 32.1. The summed E-state index contributed by atoms with van der Waals surface area (Å²) >= 11 is 1.74. The molecule has 0 aliphatic heterocycles. The van der Waals surface area contributed by atoms with Gasteiger partial charge in [-0.1, -0.05) is 140 Å². The fourth-order valence-corrected chi connectivity index (χ4v) is 11.9. The van der Waals surface area contributed by atoms with Gasteiger partial charge < -0.3 is 8.97 Å². The van der Waals surface area contributed by atoms with Gasteiger partial charge in [-0.15, -0.1) is 11.3 Å². The third-order valence-electron chi connectivity index (χ3n) is 13.4. The molecule has 15 aromatic rings. The van der Waals surface area contributed by atoms with E-state index >= 15 is 0 Å². The number of hydrogen-bond acceptors (Lipinski definition) is 3. The van der Waals surface area contributed by atoms with Gasteiger partial charge in [0.1, 0.15) is 4.83 Å². The summed E-state index contributed by atoms with van der Waals surface area (Å²) in [6.07, 6.45) is 0. The van der Waals surface area contributed by atoms with Crippen LogP contribution in [0.2, 0.25) is 0 Å². The Hall–Kier alpha value is -8.06. The summed E-state index contributed by atoms with van der Waals surface area (Å²) in [7, 11) is 0. The standard InChI is InChI=1S/C56H31N5S/c1-2-15-34(16-3-1)59-44-22-10-6-18-36(44)38-28-27-33(30-47(38)59)54-57-55(50-41-21-9-13-25-48(41)62-56(50)58-54)61-45-23-11-7-19-37(45)42-31-43-39-29-26-32-14-4-5-17-35(32)51(39)60-46-24-12-8-20-40(46)49(52(43)60)53(42)61/h1-31H. The highest BCUT2D eigenvalue weighted by Crippen LogP contribution is 2.49. The fourth-order valence-electron chi connectivity index (χ4n) is 10.8. The number of benzene rings is 9. The number of nitrogens with zero attached hydrogens (tertiary/aromatic N) is 5. The van der Waals surface area contributed by atoms with E-state index in [9.17, 15) is 0 Å². The molecular weight excluding hydrogens is 775 g/mol. The normalized spacial score (nSPS) is 12.5. The van der Waals surface area contributed by atoms with E-state index in [1.54, 1.807) is 11.3 Å². The van der Waals surface area contributed by atoms with E-state index in [2.05, 4.69) is 202 Å².